The summed E-state index contributed by atoms with van der Waals surface area (Å²) in [6.07, 6.45) is 0.434. The molecule has 17 heavy (non-hydrogen) atoms. The number of halogens is 1. The number of amides is 1. The Kier molecular flexibility index (Phi) is 5.40. The number of carbonyl (C=O) groups is 2. The van der Waals surface area contributed by atoms with Crippen molar-refractivity contribution in [3.63, 3.8) is 0 Å². The normalized spacial score (nSPS) is 11.7. The molecule has 1 atom stereocenters. The van der Waals surface area contributed by atoms with E-state index in [2.05, 4.69) is 32.6 Å². The highest BCUT2D eigenvalue weighted by atomic mass is 127. The van der Waals surface area contributed by atoms with Gasteiger partial charge in [-0.05, 0) is 40.3 Å². The van der Waals surface area contributed by atoms with Gasteiger partial charge in [0.05, 0.1) is 7.11 Å². The zero-order chi connectivity index (χ0) is 12.8. The molecule has 0 aliphatic rings. The maximum atomic E-state index is 11.5. The maximum Gasteiger partial charge on any atom is 0.328 e. The van der Waals surface area contributed by atoms with Crippen LogP contribution in [0.2, 0.25) is 0 Å². The van der Waals surface area contributed by atoms with E-state index in [1.54, 1.807) is 0 Å². The third-order valence-corrected chi connectivity index (χ3v) is 2.86. The molecule has 92 valence electrons. The van der Waals surface area contributed by atoms with Gasteiger partial charge in [-0.15, -0.1) is 0 Å². The van der Waals surface area contributed by atoms with Crippen molar-refractivity contribution in [1.29, 1.82) is 0 Å². The fourth-order valence-corrected chi connectivity index (χ4v) is 2.09. The standard InChI is InChI=1S/C12H14INO3/c1-8(15)14-11(12(16)17-2)7-9-4-3-5-10(13)6-9/h3-6,11H,7H2,1-2H3,(H,14,15)/t11-/m1/s1. The summed E-state index contributed by atoms with van der Waals surface area (Å²) in [5, 5.41) is 2.58. The molecular weight excluding hydrogens is 333 g/mol. The second kappa shape index (κ2) is 6.58. The van der Waals surface area contributed by atoms with E-state index in [9.17, 15) is 9.59 Å². The smallest absolute Gasteiger partial charge is 0.328 e. The van der Waals surface area contributed by atoms with Crippen molar-refractivity contribution < 1.29 is 14.3 Å². The Labute approximate surface area is 114 Å². The number of hydrogen-bond donors (Lipinski definition) is 1. The lowest BCUT2D eigenvalue weighted by molar-refractivity contribution is -0.144. The van der Waals surface area contributed by atoms with Crippen molar-refractivity contribution in [1.82, 2.24) is 5.32 Å². The minimum atomic E-state index is -0.629. The van der Waals surface area contributed by atoms with E-state index in [0.717, 1.165) is 9.13 Å². The predicted octanol–water partition coefficient (Wildman–Crippen LogP) is 1.51. The van der Waals surface area contributed by atoms with Crippen LogP contribution in [-0.2, 0) is 20.7 Å². The second-order valence-corrected chi connectivity index (χ2v) is 4.86. The largest absolute Gasteiger partial charge is 0.467 e. The van der Waals surface area contributed by atoms with E-state index < -0.39 is 12.0 Å². The van der Waals surface area contributed by atoms with E-state index in [1.165, 1.54) is 14.0 Å². The van der Waals surface area contributed by atoms with Gasteiger partial charge in [0, 0.05) is 16.9 Å². The Bertz CT molecular complexity index is 420. The molecule has 0 fully saturated rings. The number of methoxy groups -OCH3 is 1. The molecule has 0 radical (unpaired) electrons. The maximum absolute atomic E-state index is 11.5. The van der Waals surface area contributed by atoms with E-state index in [-0.39, 0.29) is 5.91 Å². The molecule has 0 unspecified atom stereocenters. The van der Waals surface area contributed by atoms with Crippen molar-refractivity contribution in [2.45, 2.75) is 19.4 Å². The SMILES string of the molecule is COC(=O)[C@@H](Cc1cccc(I)c1)NC(C)=O. The Morgan fingerprint density at radius 2 is 2.18 bits per heavy atom. The Morgan fingerprint density at radius 1 is 1.47 bits per heavy atom. The number of nitrogens with one attached hydrogen (secondary N) is 1. The summed E-state index contributed by atoms with van der Waals surface area (Å²) in [4.78, 5) is 22.5. The first-order chi connectivity index (χ1) is 8.02. The average Bonchev–Trinajstić information content (AvgIpc) is 2.26. The third kappa shape index (κ3) is 4.72. The van der Waals surface area contributed by atoms with Gasteiger partial charge < -0.3 is 10.1 Å². The van der Waals surface area contributed by atoms with Gasteiger partial charge in [-0.3, -0.25) is 4.79 Å². The number of rotatable bonds is 4. The van der Waals surface area contributed by atoms with E-state index in [1.807, 2.05) is 24.3 Å². The number of benzene rings is 1. The molecule has 1 N–H and O–H groups in total. The summed E-state index contributed by atoms with van der Waals surface area (Å²) < 4.78 is 5.75. The zero-order valence-corrected chi connectivity index (χ0v) is 11.9. The first kappa shape index (κ1) is 14.0. The van der Waals surface area contributed by atoms with Crippen LogP contribution in [0.3, 0.4) is 0 Å². The summed E-state index contributed by atoms with van der Waals surface area (Å²) in [6, 6.07) is 7.14. The van der Waals surface area contributed by atoms with Gasteiger partial charge in [0.2, 0.25) is 5.91 Å². The first-order valence-electron chi connectivity index (χ1n) is 5.12. The monoisotopic (exact) mass is 347 g/mol. The molecule has 1 aromatic rings. The molecule has 0 aliphatic heterocycles. The Morgan fingerprint density at radius 3 is 2.71 bits per heavy atom. The summed E-state index contributed by atoms with van der Waals surface area (Å²) >= 11 is 2.20. The number of carbonyl (C=O) groups excluding carboxylic acids is 2. The van der Waals surface area contributed by atoms with Crippen LogP contribution in [0.5, 0.6) is 0 Å². The minimum Gasteiger partial charge on any atom is -0.467 e. The highest BCUT2D eigenvalue weighted by Crippen LogP contribution is 2.10. The molecule has 1 aromatic carbocycles. The van der Waals surface area contributed by atoms with Gasteiger partial charge in [-0.2, -0.15) is 0 Å². The van der Waals surface area contributed by atoms with E-state index in [4.69, 9.17) is 0 Å². The van der Waals surface area contributed by atoms with Crippen LogP contribution < -0.4 is 5.32 Å². The van der Waals surface area contributed by atoms with Gasteiger partial charge in [0.1, 0.15) is 6.04 Å². The molecule has 0 aromatic heterocycles. The molecule has 1 rings (SSSR count). The highest BCUT2D eigenvalue weighted by Gasteiger charge is 2.20. The third-order valence-electron chi connectivity index (χ3n) is 2.19. The first-order valence-corrected chi connectivity index (χ1v) is 6.20. The molecule has 4 nitrogen and oxygen atoms in total. The zero-order valence-electron chi connectivity index (χ0n) is 9.70. The predicted molar refractivity (Wildman–Crippen MR) is 72.5 cm³/mol. The lowest BCUT2D eigenvalue weighted by atomic mass is 10.1. The average molecular weight is 347 g/mol. The van der Waals surface area contributed by atoms with E-state index >= 15 is 0 Å². The fraction of sp³-hybridized carbons (Fsp3) is 0.333. The van der Waals surface area contributed by atoms with Crippen molar-refractivity contribution in [3.8, 4) is 0 Å². The topological polar surface area (TPSA) is 55.4 Å². The Hall–Kier alpha value is -1.11. The molecule has 1 amide bonds. The number of hydrogen-bond acceptors (Lipinski definition) is 3. The lowest BCUT2D eigenvalue weighted by Gasteiger charge is -2.15. The molecule has 0 bridgehead atoms. The number of esters is 1. The summed E-state index contributed by atoms with van der Waals surface area (Å²) in [6.45, 7) is 1.38. The minimum absolute atomic E-state index is 0.244. The van der Waals surface area contributed by atoms with Crippen molar-refractivity contribution in [2.24, 2.45) is 0 Å². The molecule has 0 heterocycles. The summed E-state index contributed by atoms with van der Waals surface area (Å²) in [7, 11) is 1.31. The van der Waals surface area contributed by atoms with Gasteiger partial charge in [-0.25, -0.2) is 4.79 Å². The van der Waals surface area contributed by atoms with Gasteiger partial charge in [0.25, 0.3) is 0 Å². The summed E-state index contributed by atoms with van der Waals surface area (Å²) in [5.74, 6) is -0.676. The van der Waals surface area contributed by atoms with Crippen LogP contribution in [0.1, 0.15) is 12.5 Å². The van der Waals surface area contributed by atoms with Gasteiger partial charge in [-0.1, -0.05) is 12.1 Å². The highest BCUT2D eigenvalue weighted by molar-refractivity contribution is 14.1. The lowest BCUT2D eigenvalue weighted by Crippen LogP contribution is -2.41. The fourth-order valence-electron chi connectivity index (χ4n) is 1.48. The molecule has 0 saturated heterocycles. The van der Waals surface area contributed by atoms with Crippen LogP contribution in [0, 0.1) is 3.57 Å². The van der Waals surface area contributed by atoms with Crippen molar-refractivity contribution in [3.05, 3.63) is 33.4 Å². The van der Waals surface area contributed by atoms with Crippen molar-refractivity contribution >= 4 is 34.5 Å². The van der Waals surface area contributed by atoms with Crippen LogP contribution in [0.25, 0.3) is 0 Å². The molecular formula is C12H14INO3. The van der Waals surface area contributed by atoms with Crippen LogP contribution >= 0.6 is 22.6 Å². The van der Waals surface area contributed by atoms with Crippen molar-refractivity contribution in [2.75, 3.05) is 7.11 Å². The molecule has 0 saturated carbocycles. The quantitative estimate of drug-likeness (QED) is 0.664. The second-order valence-electron chi connectivity index (χ2n) is 3.61. The summed E-state index contributed by atoms with van der Waals surface area (Å²) in [5.41, 5.74) is 0.987. The van der Waals surface area contributed by atoms with Gasteiger partial charge >= 0.3 is 5.97 Å². The van der Waals surface area contributed by atoms with Crippen LogP contribution in [-0.4, -0.2) is 25.0 Å². The molecule has 0 aliphatic carbocycles. The van der Waals surface area contributed by atoms with Gasteiger partial charge in [0.15, 0.2) is 0 Å². The molecule has 5 heteroatoms. The number of ether oxygens (including phenoxy) is 1. The van der Waals surface area contributed by atoms with Crippen LogP contribution in [0.4, 0.5) is 0 Å². The van der Waals surface area contributed by atoms with Crippen LogP contribution in [0.15, 0.2) is 24.3 Å². The van der Waals surface area contributed by atoms with E-state index in [0.29, 0.717) is 6.42 Å². The molecule has 0 spiro atoms. The Balaban J connectivity index is 2.78.